The molecular weight excluding hydrogens is 595 g/mol. The van der Waals surface area contributed by atoms with Crippen molar-refractivity contribution in [3.8, 4) is 0 Å². The Morgan fingerprint density at radius 2 is 1.41 bits per heavy atom. The summed E-state index contributed by atoms with van der Waals surface area (Å²) in [6.45, 7) is 11.9. The van der Waals surface area contributed by atoms with E-state index in [2.05, 4.69) is 5.32 Å². The highest BCUT2D eigenvalue weighted by Crippen LogP contribution is 2.27. The molecule has 0 heterocycles. The van der Waals surface area contributed by atoms with Gasteiger partial charge in [0.1, 0.15) is 12.6 Å². The van der Waals surface area contributed by atoms with E-state index in [-0.39, 0.29) is 29.7 Å². The summed E-state index contributed by atoms with van der Waals surface area (Å²) >= 11 is 0. The molecule has 0 saturated heterocycles. The second kappa shape index (κ2) is 15.2. The lowest BCUT2D eigenvalue weighted by molar-refractivity contribution is -0.140. The summed E-state index contributed by atoms with van der Waals surface area (Å²) in [5.74, 6) is -0.545. The Morgan fingerprint density at radius 1 is 0.739 bits per heavy atom. The molecule has 7 nitrogen and oxygen atoms in total. The van der Waals surface area contributed by atoms with Gasteiger partial charge in [0, 0.05) is 19.5 Å². The van der Waals surface area contributed by atoms with Crippen molar-refractivity contribution in [2.24, 2.45) is 5.92 Å². The van der Waals surface area contributed by atoms with Crippen molar-refractivity contribution in [1.82, 2.24) is 10.2 Å². The van der Waals surface area contributed by atoms with Crippen molar-refractivity contribution in [2.45, 2.75) is 65.4 Å². The van der Waals surface area contributed by atoms with E-state index in [4.69, 9.17) is 0 Å². The SMILES string of the molecule is Cc1ccc(S(=O)(=O)N(CC(=O)N(Cc2cccc(C)c2)[C@H](Cc2ccccc2)C(=O)NCC(C)C)c2ccc(C)c(C)c2)cc1. The topological polar surface area (TPSA) is 86.8 Å². The fourth-order valence-corrected chi connectivity index (χ4v) is 6.64. The summed E-state index contributed by atoms with van der Waals surface area (Å²) in [4.78, 5) is 30.1. The highest BCUT2D eigenvalue weighted by molar-refractivity contribution is 7.92. The summed E-state index contributed by atoms with van der Waals surface area (Å²) in [6, 6.07) is 28.5. The summed E-state index contributed by atoms with van der Waals surface area (Å²) < 4.78 is 29.7. The molecule has 0 aliphatic heterocycles. The van der Waals surface area contributed by atoms with Gasteiger partial charge < -0.3 is 10.2 Å². The smallest absolute Gasteiger partial charge is 0.264 e. The minimum absolute atomic E-state index is 0.0878. The molecule has 0 saturated carbocycles. The van der Waals surface area contributed by atoms with Crippen LogP contribution in [0.4, 0.5) is 5.69 Å². The predicted octanol–water partition coefficient (Wildman–Crippen LogP) is 6.53. The zero-order valence-electron chi connectivity index (χ0n) is 27.7. The first kappa shape index (κ1) is 34.4. The van der Waals surface area contributed by atoms with E-state index in [1.54, 1.807) is 36.4 Å². The predicted molar refractivity (Wildman–Crippen MR) is 185 cm³/mol. The Bertz CT molecular complexity index is 1750. The second-order valence-electron chi connectivity index (χ2n) is 12.4. The maximum absolute atomic E-state index is 14.6. The molecule has 0 aromatic heterocycles. The number of amides is 2. The van der Waals surface area contributed by atoms with Crippen molar-refractivity contribution in [1.29, 1.82) is 0 Å². The normalized spacial score (nSPS) is 12.1. The van der Waals surface area contributed by atoms with Crippen LogP contribution in [0, 0.1) is 33.6 Å². The minimum atomic E-state index is -4.15. The molecular formula is C38H45N3O4S. The molecule has 4 rings (SSSR count). The van der Waals surface area contributed by atoms with Gasteiger partial charge in [-0.2, -0.15) is 0 Å². The van der Waals surface area contributed by atoms with E-state index >= 15 is 0 Å². The van der Waals surface area contributed by atoms with E-state index in [1.165, 1.54) is 9.21 Å². The summed E-state index contributed by atoms with van der Waals surface area (Å²) in [5.41, 5.74) is 5.99. The van der Waals surface area contributed by atoms with Crippen LogP contribution < -0.4 is 9.62 Å². The van der Waals surface area contributed by atoms with Crippen LogP contribution in [-0.2, 0) is 32.6 Å². The third-order valence-electron chi connectivity index (χ3n) is 8.06. The highest BCUT2D eigenvalue weighted by Gasteiger charge is 2.34. The van der Waals surface area contributed by atoms with Gasteiger partial charge in [0.05, 0.1) is 10.6 Å². The Balaban J connectivity index is 1.82. The standard InChI is InChI=1S/C38H45N3O4S/c1-27(2)24-39-38(43)36(23-32-12-8-7-9-13-32)40(25-33-14-10-11-29(4)21-33)37(42)26-41(34-18-17-30(5)31(6)22-34)46(44,45)35-19-15-28(3)16-20-35/h7-22,27,36H,23-26H2,1-6H3,(H,39,43)/t36-/m1/s1. The minimum Gasteiger partial charge on any atom is -0.354 e. The van der Waals surface area contributed by atoms with Crippen LogP contribution in [0.15, 0.2) is 102 Å². The third kappa shape index (κ3) is 8.85. The molecule has 0 spiro atoms. The van der Waals surface area contributed by atoms with Crippen molar-refractivity contribution < 1.29 is 18.0 Å². The van der Waals surface area contributed by atoms with Gasteiger partial charge >= 0.3 is 0 Å². The summed E-state index contributed by atoms with van der Waals surface area (Å²) in [6.07, 6.45) is 0.274. The molecule has 1 N–H and O–H groups in total. The molecule has 4 aromatic rings. The van der Waals surface area contributed by atoms with Crippen LogP contribution in [0.2, 0.25) is 0 Å². The van der Waals surface area contributed by atoms with Gasteiger partial charge in [0.2, 0.25) is 11.8 Å². The van der Waals surface area contributed by atoms with Gasteiger partial charge in [-0.25, -0.2) is 8.42 Å². The molecule has 46 heavy (non-hydrogen) atoms. The van der Waals surface area contributed by atoms with Crippen molar-refractivity contribution in [3.63, 3.8) is 0 Å². The molecule has 4 aromatic carbocycles. The molecule has 1 atom stereocenters. The summed E-state index contributed by atoms with van der Waals surface area (Å²) in [7, 11) is -4.15. The van der Waals surface area contributed by atoms with Crippen LogP contribution >= 0.6 is 0 Å². The number of hydrogen-bond acceptors (Lipinski definition) is 4. The first-order chi connectivity index (χ1) is 21.8. The number of benzene rings is 4. The lowest BCUT2D eigenvalue weighted by atomic mass is 10.0. The van der Waals surface area contributed by atoms with E-state index < -0.39 is 28.5 Å². The zero-order valence-corrected chi connectivity index (χ0v) is 28.5. The highest BCUT2D eigenvalue weighted by atomic mass is 32.2. The van der Waals surface area contributed by atoms with Crippen molar-refractivity contribution in [3.05, 3.63) is 130 Å². The maximum Gasteiger partial charge on any atom is 0.264 e. The zero-order chi connectivity index (χ0) is 33.4. The second-order valence-corrected chi connectivity index (χ2v) is 14.3. The third-order valence-corrected chi connectivity index (χ3v) is 9.85. The van der Waals surface area contributed by atoms with Crippen LogP contribution in [0.25, 0.3) is 0 Å². The molecule has 0 fully saturated rings. The number of rotatable bonds is 13. The quantitative estimate of drug-likeness (QED) is 0.180. The molecule has 0 bridgehead atoms. The first-order valence-corrected chi connectivity index (χ1v) is 17.1. The number of nitrogens with one attached hydrogen (secondary N) is 1. The van der Waals surface area contributed by atoms with Crippen LogP contribution in [0.5, 0.6) is 0 Å². The van der Waals surface area contributed by atoms with Crippen molar-refractivity contribution in [2.75, 3.05) is 17.4 Å². The number of carbonyl (C=O) groups excluding carboxylic acids is 2. The molecule has 0 aliphatic carbocycles. The Labute approximate surface area is 274 Å². The van der Waals surface area contributed by atoms with Gasteiger partial charge in [0.25, 0.3) is 10.0 Å². The lowest BCUT2D eigenvalue weighted by Gasteiger charge is -2.34. The Morgan fingerprint density at radius 3 is 2.04 bits per heavy atom. The van der Waals surface area contributed by atoms with E-state index in [1.807, 2.05) is 102 Å². The van der Waals surface area contributed by atoms with Gasteiger partial charge in [-0.3, -0.25) is 13.9 Å². The molecule has 8 heteroatoms. The Hall–Kier alpha value is -4.43. The lowest BCUT2D eigenvalue weighted by Crippen LogP contribution is -2.53. The number of carbonyl (C=O) groups is 2. The van der Waals surface area contributed by atoms with E-state index in [0.29, 0.717) is 12.2 Å². The van der Waals surface area contributed by atoms with E-state index in [9.17, 15) is 18.0 Å². The summed E-state index contributed by atoms with van der Waals surface area (Å²) in [5, 5.41) is 3.03. The van der Waals surface area contributed by atoms with Gasteiger partial charge in [0.15, 0.2) is 0 Å². The van der Waals surface area contributed by atoms with Crippen LogP contribution in [-0.4, -0.2) is 44.3 Å². The number of nitrogens with zero attached hydrogens (tertiary/aromatic N) is 2. The monoisotopic (exact) mass is 639 g/mol. The number of hydrogen-bond donors (Lipinski definition) is 1. The molecule has 0 radical (unpaired) electrons. The average molecular weight is 640 g/mol. The van der Waals surface area contributed by atoms with Gasteiger partial charge in [-0.15, -0.1) is 0 Å². The van der Waals surface area contributed by atoms with Gasteiger partial charge in [-0.05, 0) is 80.1 Å². The fourth-order valence-electron chi connectivity index (χ4n) is 5.23. The van der Waals surface area contributed by atoms with E-state index in [0.717, 1.165) is 33.4 Å². The molecule has 2 amide bonds. The molecule has 242 valence electrons. The van der Waals surface area contributed by atoms with Crippen molar-refractivity contribution >= 4 is 27.5 Å². The average Bonchev–Trinajstić information content (AvgIpc) is 3.02. The van der Waals surface area contributed by atoms with Crippen LogP contribution in [0.1, 0.15) is 47.2 Å². The Kier molecular flexibility index (Phi) is 11.4. The molecule has 0 aliphatic rings. The maximum atomic E-state index is 14.6. The fraction of sp³-hybridized carbons (Fsp3) is 0.316. The number of sulfonamides is 1. The van der Waals surface area contributed by atoms with Gasteiger partial charge in [-0.1, -0.05) is 97.8 Å². The number of aryl methyl sites for hydroxylation is 4. The molecule has 0 unspecified atom stereocenters. The first-order valence-electron chi connectivity index (χ1n) is 15.7. The largest absolute Gasteiger partial charge is 0.354 e. The number of anilines is 1. The van der Waals surface area contributed by atoms with Crippen LogP contribution in [0.3, 0.4) is 0 Å².